The van der Waals surface area contributed by atoms with Gasteiger partial charge in [0.2, 0.25) is 0 Å². The molecule has 0 heterocycles. The van der Waals surface area contributed by atoms with Gasteiger partial charge in [-0.05, 0) is 141 Å². The summed E-state index contributed by atoms with van der Waals surface area (Å²) in [5.74, 6) is -0.439. The summed E-state index contributed by atoms with van der Waals surface area (Å²) < 4.78 is 0. The number of aromatic hydroxyl groups is 8. The van der Waals surface area contributed by atoms with Gasteiger partial charge in [0.15, 0.2) is 0 Å². The molecule has 0 aliphatic rings. The normalized spacial score (nSPS) is 12.2. The molecule has 0 amide bonds. The van der Waals surface area contributed by atoms with E-state index in [1.54, 1.807) is 121 Å². The molecule has 8 heteroatoms. The van der Waals surface area contributed by atoms with E-state index in [1.807, 2.05) is 38.1 Å². The van der Waals surface area contributed by atoms with Crippen molar-refractivity contribution in [2.45, 2.75) is 24.7 Å². The molecule has 0 aliphatic carbocycles. The first kappa shape index (κ1) is 36.1. The summed E-state index contributed by atoms with van der Waals surface area (Å²) >= 11 is 0. The van der Waals surface area contributed by atoms with E-state index in [1.165, 1.54) is 0 Å². The van der Waals surface area contributed by atoms with Crippen LogP contribution in [0.4, 0.5) is 0 Å². The van der Waals surface area contributed by atoms with Crippen molar-refractivity contribution in [3.05, 3.63) is 179 Å². The molecule has 8 N–H and O–H groups in total. The highest BCUT2D eigenvalue weighted by molar-refractivity contribution is 5.98. The smallest absolute Gasteiger partial charge is 0.120 e. The average molecular weight is 767 g/mol. The summed E-state index contributed by atoms with van der Waals surface area (Å²) in [6.07, 6.45) is 0. The zero-order valence-electron chi connectivity index (χ0n) is 31.4. The molecule has 0 unspecified atom stereocenters. The summed E-state index contributed by atoms with van der Waals surface area (Å²) in [6.45, 7) is 3.74. The molecule has 0 aliphatic heterocycles. The third kappa shape index (κ3) is 5.37. The Labute approximate surface area is 332 Å². The molecule has 0 atom stereocenters. The zero-order chi connectivity index (χ0) is 40.7. The average Bonchev–Trinajstić information content (AvgIpc) is 3.20. The highest BCUT2D eigenvalue weighted by Gasteiger charge is 2.42. The van der Waals surface area contributed by atoms with Crippen molar-refractivity contribution >= 4 is 43.1 Å². The van der Waals surface area contributed by atoms with Crippen molar-refractivity contribution in [2.75, 3.05) is 0 Å². The highest BCUT2D eigenvalue weighted by Crippen LogP contribution is 2.54. The molecule has 0 bridgehead atoms. The van der Waals surface area contributed by atoms with Gasteiger partial charge in [0.05, 0.1) is 10.8 Å². The van der Waals surface area contributed by atoms with Gasteiger partial charge in [-0.1, -0.05) is 72.8 Å². The largest absolute Gasteiger partial charge is 0.508 e. The van der Waals surface area contributed by atoms with Crippen molar-refractivity contribution in [1.82, 2.24) is 0 Å². The molecule has 0 fully saturated rings. The first-order chi connectivity index (χ1) is 27.8. The number of benzene rings is 9. The van der Waals surface area contributed by atoms with Crippen molar-refractivity contribution in [1.29, 1.82) is 0 Å². The van der Waals surface area contributed by atoms with Gasteiger partial charge in [0.1, 0.15) is 46.0 Å². The van der Waals surface area contributed by atoms with Crippen LogP contribution in [0.25, 0.3) is 43.1 Å². The molecule has 0 radical (unpaired) electrons. The first-order valence-corrected chi connectivity index (χ1v) is 18.7. The minimum Gasteiger partial charge on any atom is -0.508 e. The Morgan fingerprint density at radius 3 is 0.707 bits per heavy atom. The second-order valence-electron chi connectivity index (χ2n) is 15.3. The Bertz CT molecular complexity index is 2720. The number of hydrogen-bond donors (Lipinski definition) is 8. The summed E-state index contributed by atoms with van der Waals surface area (Å²) in [5.41, 5.74) is 0.0815. The maximum atomic E-state index is 11.9. The highest BCUT2D eigenvalue weighted by atomic mass is 16.3. The monoisotopic (exact) mass is 766 g/mol. The Morgan fingerprint density at radius 2 is 0.483 bits per heavy atom. The number of rotatable bonds is 6. The van der Waals surface area contributed by atoms with E-state index < -0.39 is 10.8 Å². The number of fused-ring (bicyclic) bond motifs is 4. The predicted octanol–water partition coefficient (Wildman–Crippen LogP) is 10.7. The van der Waals surface area contributed by atoms with Gasteiger partial charge in [0, 0.05) is 22.3 Å². The van der Waals surface area contributed by atoms with Crippen LogP contribution in [-0.4, -0.2) is 40.9 Å². The third-order valence-electron chi connectivity index (χ3n) is 12.0. The van der Waals surface area contributed by atoms with Crippen LogP contribution in [0.2, 0.25) is 0 Å². The number of phenols is 8. The fourth-order valence-electron chi connectivity index (χ4n) is 9.25. The molecule has 0 aromatic heterocycles. The summed E-state index contributed by atoms with van der Waals surface area (Å²) in [4.78, 5) is 0. The van der Waals surface area contributed by atoms with E-state index in [2.05, 4.69) is 0 Å². The molecule has 0 saturated heterocycles. The lowest BCUT2D eigenvalue weighted by Gasteiger charge is -2.37. The zero-order valence-corrected chi connectivity index (χ0v) is 31.4. The predicted molar refractivity (Wildman–Crippen MR) is 227 cm³/mol. The fourth-order valence-corrected chi connectivity index (χ4v) is 9.25. The van der Waals surface area contributed by atoms with Crippen LogP contribution in [-0.2, 0) is 10.8 Å². The second kappa shape index (κ2) is 13.0. The molecular formula is C50H38O8. The van der Waals surface area contributed by atoms with E-state index >= 15 is 0 Å². The van der Waals surface area contributed by atoms with Gasteiger partial charge in [-0.15, -0.1) is 0 Å². The number of hydrogen-bond acceptors (Lipinski definition) is 8. The lowest BCUT2D eigenvalue weighted by atomic mass is 9.65. The van der Waals surface area contributed by atoms with Crippen LogP contribution in [0.5, 0.6) is 46.0 Å². The van der Waals surface area contributed by atoms with Gasteiger partial charge in [0.25, 0.3) is 0 Å². The SMILES string of the molecule is CC(c1ccc(C(C)(c2c(O)ccc3ccc(O)cc23)c2c(O)ccc3ccc(O)cc23)cc1)(c1c(O)ccc2ccc(O)cc12)c1c(O)ccc2ccc(O)cc12. The molecule has 9 aromatic carbocycles. The van der Waals surface area contributed by atoms with Crippen LogP contribution in [0.15, 0.2) is 146 Å². The fraction of sp³-hybridized carbons (Fsp3) is 0.0800. The maximum absolute atomic E-state index is 11.9. The quantitative estimate of drug-likeness (QED) is 0.0776. The molecule has 8 nitrogen and oxygen atoms in total. The summed E-state index contributed by atoms with van der Waals surface area (Å²) in [6, 6.07) is 40.3. The van der Waals surface area contributed by atoms with Crippen LogP contribution >= 0.6 is 0 Å². The van der Waals surface area contributed by atoms with E-state index in [-0.39, 0.29) is 46.0 Å². The van der Waals surface area contributed by atoms with Crippen molar-refractivity contribution in [3.63, 3.8) is 0 Å². The molecule has 9 aromatic rings. The van der Waals surface area contributed by atoms with Gasteiger partial charge in [-0.2, -0.15) is 0 Å². The third-order valence-corrected chi connectivity index (χ3v) is 12.0. The first-order valence-electron chi connectivity index (χ1n) is 18.7. The van der Waals surface area contributed by atoms with E-state index in [0.29, 0.717) is 54.9 Å². The molecule has 0 spiro atoms. The second-order valence-corrected chi connectivity index (χ2v) is 15.3. The molecule has 0 saturated carbocycles. The van der Waals surface area contributed by atoms with Crippen molar-refractivity contribution in [3.8, 4) is 46.0 Å². The Morgan fingerprint density at radius 1 is 0.276 bits per heavy atom. The lowest BCUT2D eigenvalue weighted by molar-refractivity contribution is 0.442. The number of phenolic OH excluding ortho intramolecular Hbond substituents is 8. The van der Waals surface area contributed by atoms with Crippen LogP contribution < -0.4 is 0 Å². The van der Waals surface area contributed by atoms with Crippen molar-refractivity contribution < 1.29 is 40.9 Å². The van der Waals surface area contributed by atoms with Gasteiger partial charge in [-0.25, -0.2) is 0 Å². The van der Waals surface area contributed by atoms with E-state index in [9.17, 15) is 40.9 Å². The maximum Gasteiger partial charge on any atom is 0.120 e. The van der Waals surface area contributed by atoms with Crippen LogP contribution in [0.1, 0.15) is 47.2 Å². The van der Waals surface area contributed by atoms with E-state index in [4.69, 9.17) is 0 Å². The van der Waals surface area contributed by atoms with Crippen LogP contribution in [0.3, 0.4) is 0 Å². The molecule has 58 heavy (non-hydrogen) atoms. The standard InChI is InChI=1S/C50H38O8/c1-49(45-37-23-33(51)15-3-27(37)7-19-41(45)55,46-38-24-34(52)16-4-28(38)8-20-42(46)56)31-11-13-32(14-12-31)50(2,47-39-25-35(53)17-5-29(39)9-21-43(47)57)48-40-26-36(54)18-6-30(40)10-22-44(48)58/h3-26,51-58H,1-2H3. The summed E-state index contributed by atoms with van der Waals surface area (Å²) in [7, 11) is 0. The van der Waals surface area contributed by atoms with Gasteiger partial charge in [-0.3, -0.25) is 0 Å². The van der Waals surface area contributed by atoms with Gasteiger partial charge < -0.3 is 40.9 Å². The topological polar surface area (TPSA) is 162 Å². The Kier molecular flexibility index (Phi) is 8.09. The molecule has 9 rings (SSSR count). The molecular weight excluding hydrogens is 729 g/mol. The lowest BCUT2D eigenvalue weighted by Crippen LogP contribution is -2.29. The Balaban J connectivity index is 1.39. The van der Waals surface area contributed by atoms with E-state index in [0.717, 1.165) is 21.5 Å². The molecule has 286 valence electrons. The minimum atomic E-state index is -1.36. The Hall–Kier alpha value is -7.58. The minimum absolute atomic E-state index is 0.0190. The summed E-state index contributed by atoms with van der Waals surface area (Å²) in [5, 5.41) is 95.5. The van der Waals surface area contributed by atoms with Crippen molar-refractivity contribution in [2.24, 2.45) is 0 Å². The van der Waals surface area contributed by atoms with Crippen LogP contribution in [0, 0.1) is 0 Å². The van der Waals surface area contributed by atoms with Gasteiger partial charge >= 0.3 is 0 Å².